The predicted molar refractivity (Wildman–Crippen MR) is 106 cm³/mol. The lowest BCUT2D eigenvalue weighted by molar-refractivity contribution is 1.03. The van der Waals surface area contributed by atoms with Crippen molar-refractivity contribution in [3.05, 3.63) is 89.5 Å². The Labute approximate surface area is 154 Å². The third-order valence-electron chi connectivity index (χ3n) is 4.74. The van der Waals surface area contributed by atoms with Crippen LogP contribution in [0.15, 0.2) is 72.8 Å². The van der Waals surface area contributed by atoms with Gasteiger partial charge in [0, 0.05) is 11.1 Å². The molecule has 1 aromatic heterocycles. The fraction of sp³-hybridized carbons (Fsp3) is 0.130. The van der Waals surface area contributed by atoms with Crippen LogP contribution in [0, 0.1) is 20.8 Å². The molecule has 0 aliphatic carbocycles. The summed E-state index contributed by atoms with van der Waals surface area (Å²) in [6.45, 7) is 6.39. The molecular weight excluding hydrogens is 318 g/mol. The zero-order valence-corrected chi connectivity index (χ0v) is 15.3. The number of para-hydroxylation sites is 1. The van der Waals surface area contributed by atoms with Crippen LogP contribution < -0.4 is 0 Å². The fourth-order valence-corrected chi connectivity index (χ4v) is 3.43. The summed E-state index contributed by atoms with van der Waals surface area (Å²) in [5.41, 5.74) is 6.91. The van der Waals surface area contributed by atoms with E-state index in [0.29, 0.717) is 0 Å². The summed E-state index contributed by atoms with van der Waals surface area (Å²) in [7, 11) is 0. The first-order chi connectivity index (χ1) is 12.7. The van der Waals surface area contributed by atoms with E-state index >= 15 is 0 Å². The molecule has 4 rings (SSSR count). The van der Waals surface area contributed by atoms with Crippen LogP contribution >= 0.6 is 0 Å². The number of benzene rings is 3. The molecule has 0 fully saturated rings. The van der Waals surface area contributed by atoms with E-state index in [9.17, 15) is 0 Å². The number of hydrogen-bond acceptors (Lipinski definition) is 2. The van der Waals surface area contributed by atoms with Crippen LogP contribution in [0.4, 0.5) is 0 Å². The predicted octanol–water partition coefficient (Wildman–Crippen LogP) is 5.53. The number of nitrogens with zero attached hydrogens (tertiary/aromatic N) is 3. The second-order valence-electron chi connectivity index (χ2n) is 6.60. The van der Waals surface area contributed by atoms with Crippen LogP contribution in [-0.2, 0) is 0 Å². The van der Waals surface area contributed by atoms with Gasteiger partial charge >= 0.3 is 0 Å². The van der Waals surface area contributed by atoms with Crippen molar-refractivity contribution in [2.45, 2.75) is 20.8 Å². The topological polar surface area (TPSA) is 30.7 Å². The molecule has 26 heavy (non-hydrogen) atoms. The molecule has 0 unspecified atom stereocenters. The highest BCUT2D eigenvalue weighted by molar-refractivity contribution is 5.70. The summed E-state index contributed by atoms with van der Waals surface area (Å²) in [6.07, 6.45) is 0. The van der Waals surface area contributed by atoms with Crippen LogP contribution in [-0.4, -0.2) is 14.8 Å². The van der Waals surface area contributed by atoms with Gasteiger partial charge in [-0.25, -0.2) is 0 Å². The van der Waals surface area contributed by atoms with E-state index in [-0.39, 0.29) is 0 Å². The average molecular weight is 339 g/mol. The van der Waals surface area contributed by atoms with Gasteiger partial charge in [0.05, 0.1) is 5.69 Å². The number of aryl methyl sites for hydroxylation is 3. The quantitative estimate of drug-likeness (QED) is 0.491. The van der Waals surface area contributed by atoms with Crippen molar-refractivity contribution >= 4 is 0 Å². The van der Waals surface area contributed by atoms with Gasteiger partial charge in [-0.1, -0.05) is 72.8 Å². The number of aromatic nitrogens is 3. The summed E-state index contributed by atoms with van der Waals surface area (Å²) < 4.78 is 2.20. The monoisotopic (exact) mass is 339 g/mol. The smallest absolute Gasteiger partial charge is 0.169 e. The van der Waals surface area contributed by atoms with Gasteiger partial charge < -0.3 is 0 Å². The zero-order chi connectivity index (χ0) is 18.1. The molecule has 3 aromatic carbocycles. The van der Waals surface area contributed by atoms with Gasteiger partial charge in [-0.05, 0) is 37.5 Å². The highest BCUT2D eigenvalue weighted by Gasteiger charge is 2.20. The lowest BCUT2D eigenvalue weighted by Crippen LogP contribution is -2.05. The van der Waals surface area contributed by atoms with Gasteiger partial charge in [-0.15, -0.1) is 10.2 Å². The maximum absolute atomic E-state index is 4.60. The molecule has 3 nitrogen and oxygen atoms in total. The molecular formula is C23H21N3. The van der Waals surface area contributed by atoms with Crippen molar-refractivity contribution in [2.75, 3.05) is 0 Å². The minimum absolute atomic E-state index is 0.862. The maximum atomic E-state index is 4.60. The summed E-state index contributed by atoms with van der Waals surface area (Å²) in [6, 6.07) is 24.9. The molecule has 0 aliphatic heterocycles. The van der Waals surface area contributed by atoms with E-state index in [2.05, 4.69) is 84.1 Å². The molecule has 4 aromatic rings. The first-order valence-electron chi connectivity index (χ1n) is 8.80. The molecule has 0 saturated heterocycles. The van der Waals surface area contributed by atoms with Crippen LogP contribution in [0.25, 0.3) is 28.5 Å². The Kier molecular flexibility index (Phi) is 4.13. The SMILES string of the molecule is Cc1ccccc1-c1nnc(-c2ccccc2)n1-c1c(C)cccc1C. The van der Waals surface area contributed by atoms with E-state index in [1.165, 1.54) is 16.7 Å². The zero-order valence-electron chi connectivity index (χ0n) is 15.3. The molecule has 1 heterocycles. The summed E-state index contributed by atoms with van der Waals surface area (Å²) in [5, 5.41) is 9.17. The summed E-state index contributed by atoms with van der Waals surface area (Å²) in [5.74, 6) is 1.74. The Balaban J connectivity index is 2.07. The minimum atomic E-state index is 0.862. The van der Waals surface area contributed by atoms with Crippen molar-refractivity contribution in [2.24, 2.45) is 0 Å². The van der Waals surface area contributed by atoms with Crippen LogP contribution in [0.2, 0.25) is 0 Å². The van der Waals surface area contributed by atoms with Gasteiger partial charge in [-0.2, -0.15) is 0 Å². The van der Waals surface area contributed by atoms with Gasteiger partial charge in [0.2, 0.25) is 0 Å². The van der Waals surface area contributed by atoms with Crippen molar-refractivity contribution in [1.82, 2.24) is 14.8 Å². The molecule has 3 heteroatoms. The first kappa shape index (κ1) is 16.3. The fourth-order valence-electron chi connectivity index (χ4n) is 3.43. The van der Waals surface area contributed by atoms with Crippen LogP contribution in [0.1, 0.15) is 16.7 Å². The molecule has 0 atom stereocenters. The highest BCUT2D eigenvalue weighted by Crippen LogP contribution is 2.32. The molecule has 0 aliphatic rings. The molecule has 0 amide bonds. The third kappa shape index (κ3) is 2.72. The molecule has 0 spiro atoms. The second kappa shape index (κ2) is 6.60. The standard InChI is InChI=1S/C23H21N3/c1-16-10-7-8-15-20(16)23-25-24-22(19-13-5-4-6-14-19)26(23)21-17(2)11-9-12-18(21)3/h4-15H,1-3H3. The third-order valence-corrected chi connectivity index (χ3v) is 4.74. The van der Waals surface area contributed by atoms with Crippen molar-refractivity contribution < 1.29 is 0 Å². The van der Waals surface area contributed by atoms with Crippen LogP contribution in [0.5, 0.6) is 0 Å². The maximum Gasteiger partial charge on any atom is 0.169 e. The summed E-state index contributed by atoms with van der Waals surface area (Å²) in [4.78, 5) is 0. The van der Waals surface area contributed by atoms with Gasteiger partial charge in [0.25, 0.3) is 0 Å². The van der Waals surface area contributed by atoms with E-state index < -0.39 is 0 Å². The first-order valence-corrected chi connectivity index (χ1v) is 8.80. The van der Waals surface area contributed by atoms with E-state index in [4.69, 9.17) is 0 Å². The van der Waals surface area contributed by atoms with Crippen molar-refractivity contribution in [3.63, 3.8) is 0 Å². The van der Waals surface area contributed by atoms with Gasteiger partial charge in [-0.3, -0.25) is 4.57 Å². The Morgan fingerprint density at radius 2 is 1.15 bits per heavy atom. The van der Waals surface area contributed by atoms with Crippen molar-refractivity contribution in [3.8, 4) is 28.5 Å². The number of hydrogen-bond donors (Lipinski definition) is 0. The summed E-state index contributed by atoms with van der Waals surface area (Å²) >= 11 is 0. The Hall–Kier alpha value is -3.20. The molecule has 0 saturated carbocycles. The Morgan fingerprint density at radius 1 is 0.577 bits per heavy atom. The second-order valence-corrected chi connectivity index (χ2v) is 6.60. The highest BCUT2D eigenvalue weighted by atomic mass is 15.3. The molecule has 128 valence electrons. The largest absolute Gasteiger partial charge is 0.274 e. The van der Waals surface area contributed by atoms with Crippen LogP contribution in [0.3, 0.4) is 0 Å². The Bertz CT molecular complexity index is 1040. The normalized spacial score (nSPS) is 10.9. The number of rotatable bonds is 3. The minimum Gasteiger partial charge on any atom is -0.274 e. The average Bonchev–Trinajstić information content (AvgIpc) is 3.07. The lowest BCUT2D eigenvalue weighted by atomic mass is 10.1. The molecule has 0 bridgehead atoms. The van der Waals surface area contributed by atoms with Crippen molar-refractivity contribution in [1.29, 1.82) is 0 Å². The van der Waals surface area contributed by atoms with Gasteiger partial charge in [0.15, 0.2) is 11.6 Å². The van der Waals surface area contributed by atoms with E-state index in [0.717, 1.165) is 28.5 Å². The van der Waals surface area contributed by atoms with Gasteiger partial charge in [0.1, 0.15) is 0 Å². The molecule has 0 radical (unpaired) electrons. The molecule has 0 N–H and O–H groups in total. The van der Waals surface area contributed by atoms with E-state index in [1.54, 1.807) is 0 Å². The van der Waals surface area contributed by atoms with E-state index in [1.807, 2.05) is 24.3 Å². The Morgan fingerprint density at radius 3 is 1.85 bits per heavy atom. The lowest BCUT2D eigenvalue weighted by Gasteiger charge is -2.16.